The molecule has 0 unspecified atom stereocenters. The van der Waals surface area contributed by atoms with E-state index >= 15 is 0 Å². The van der Waals surface area contributed by atoms with Gasteiger partial charge in [0.2, 0.25) is 0 Å². The Morgan fingerprint density at radius 1 is 1.38 bits per heavy atom. The Morgan fingerprint density at radius 3 is 2.81 bits per heavy atom. The van der Waals surface area contributed by atoms with Crippen molar-refractivity contribution in [2.75, 3.05) is 39.3 Å². The van der Waals surface area contributed by atoms with Crippen LogP contribution in [-0.2, 0) is 0 Å². The number of ether oxygens (including phenoxy) is 1. The normalized spacial score (nSPS) is 22.1. The fraction of sp³-hybridized carbons (Fsp3) is 0.409. The number of aliphatic hydroxyl groups excluding tert-OH is 1. The first kappa shape index (κ1) is 22.4. The van der Waals surface area contributed by atoms with Crippen molar-refractivity contribution in [2.45, 2.75) is 20.0 Å². The van der Waals surface area contributed by atoms with Gasteiger partial charge in [-0.3, -0.25) is 9.69 Å². The van der Waals surface area contributed by atoms with Crippen LogP contribution in [0.15, 0.2) is 45.3 Å². The Labute approximate surface area is 190 Å². The Morgan fingerprint density at radius 2 is 2.12 bits per heavy atom. The lowest BCUT2D eigenvalue weighted by Crippen LogP contribution is -2.54. The van der Waals surface area contributed by atoms with Crippen LogP contribution < -0.4 is 10.1 Å². The summed E-state index contributed by atoms with van der Waals surface area (Å²) >= 11 is 6.19. The molecule has 3 aliphatic rings. The average molecular weight is 462 g/mol. The van der Waals surface area contributed by atoms with Crippen LogP contribution in [0, 0.1) is 11.2 Å². The summed E-state index contributed by atoms with van der Waals surface area (Å²) in [5.41, 5.74) is 2.54. The van der Waals surface area contributed by atoms with Gasteiger partial charge in [0.05, 0.1) is 41.7 Å². The highest BCUT2D eigenvalue weighted by Gasteiger charge is 2.33. The zero-order valence-corrected chi connectivity index (χ0v) is 18.7. The molecule has 32 heavy (non-hydrogen) atoms. The highest BCUT2D eigenvalue weighted by Crippen LogP contribution is 2.28. The van der Waals surface area contributed by atoms with E-state index in [0.29, 0.717) is 41.8 Å². The Kier molecular flexibility index (Phi) is 6.32. The van der Waals surface area contributed by atoms with Crippen LogP contribution in [0.2, 0.25) is 0 Å². The number of hydrogen-bond donors (Lipinski definition) is 3. The molecule has 0 radical (unpaired) electrons. The van der Waals surface area contributed by atoms with E-state index in [1.54, 1.807) is 6.92 Å². The third-order valence-electron chi connectivity index (χ3n) is 5.68. The molecule has 2 saturated heterocycles. The number of hydrogen-bond acceptors (Lipinski definition) is 7. The fourth-order valence-electron chi connectivity index (χ4n) is 3.92. The molecule has 8 nitrogen and oxygen atoms in total. The second kappa shape index (κ2) is 9.01. The number of β-amino-alcohol motifs (C(OH)–C–C–N with tert-alkyl or cyclic N) is 1. The number of aliphatic hydroxyl groups is 1. The van der Waals surface area contributed by atoms with E-state index in [2.05, 4.69) is 10.3 Å². The van der Waals surface area contributed by atoms with Crippen LogP contribution in [0.3, 0.4) is 0 Å². The van der Waals surface area contributed by atoms with E-state index in [1.165, 1.54) is 23.1 Å². The van der Waals surface area contributed by atoms with Crippen LogP contribution in [-0.4, -0.2) is 77.7 Å². The molecule has 2 fully saturated rings. The second-order valence-electron chi connectivity index (χ2n) is 8.09. The van der Waals surface area contributed by atoms with E-state index in [4.69, 9.17) is 26.9 Å². The van der Waals surface area contributed by atoms with Crippen molar-refractivity contribution in [1.82, 2.24) is 15.1 Å². The maximum Gasteiger partial charge on any atom is 0.258 e. The zero-order chi connectivity index (χ0) is 23.0. The summed E-state index contributed by atoms with van der Waals surface area (Å²) in [6, 6.07) is 3.86. The molecule has 1 aromatic rings. The lowest BCUT2D eigenvalue weighted by molar-refractivity contribution is 0.00991. The number of halogens is 2. The monoisotopic (exact) mass is 461 g/mol. The van der Waals surface area contributed by atoms with Gasteiger partial charge in [0.25, 0.3) is 5.91 Å². The largest absolute Gasteiger partial charge is 0.487 e. The van der Waals surface area contributed by atoms with Gasteiger partial charge in [0, 0.05) is 37.0 Å². The Balaban J connectivity index is 1.52. The summed E-state index contributed by atoms with van der Waals surface area (Å²) in [6.07, 6.45) is -0.173. The fourth-order valence-corrected chi connectivity index (χ4v) is 4.01. The number of carbonyl (C=O) groups excluding carboxylic acids is 1. The van der Waals surface area contributed by atoms with Gasteiger partial charge in [0.1, 0.15) is 23.5 Å². The van der Waals surface area contributed by atoms with E-state index in [0.717, 1.165) is 5.70 Å². The highest BCUT2D eigenvalue weighted by molar-refractivity contribution is 6.43. The number of likely N-dealkylation sites (tertiary alicyclic amines) is 2. The minimum Gasteiger partial charge on any atom is -0.487 e. The predicted octanol–water partition coefficient (Wildman–Crippen LogP) is 2.10. The molecule has 0 bridgehead atoms. The van der Waals surface area contributed by atoms with Gasteiger partial charge in [-0.25, -0.2) is 9.38 Å². The van der Waals surface area contributed by atoms with Gasteiger partial charge in [-0.15, -0.1) is 0 Å². The molecular formula is C22H25ClFN5O3. The van der Waals surface area contributed by atoms with Gasteiger partial charge in [0.15, 0.2) is 0 Å². The summed E-state index contributed by atoms with van der Waals surface area (Å²) in [6.45, 7) is 5.77. The van der Waals surface area contributed by atoms with Gasteiger partial charge in [-0.1, -0.05) is 11.6 Å². The number of aliphatic imine (C=N–C) groups is 1. The van der Waals surface area contributed by atoms with Crippen LogP contribution in [0.5, 0.6) is 5.75 Å². The maximum absolute atomic E-state index is 13.9. The van der Waals surface area contributed by atoms with Gasteiger partial charge in [-0.2, -0.15) is 0 Å². The van der Waals surface area contributed by atoms with Crippen LogP contribution in [0.4, 0.5) is 4.39 Å². The summed E-state index contributed by atoms with van der Waals surface area (Å²) in [4.78, 5) is 21.2. The molecule has 4 rings (SSSR count). The van der Waals surface area contributed by atoms with Crippen molar-refractivity contribution in [2.24, 2.45) is 4.99 Å². The molecule has 3 N–H and O–H groups in total. The topological polar surface area (TPSA) is 101 Å². The lowest BCUT2D eigenvalue weighted by Gasteiger charge is -2.38. The molecule has 3 aliphatic heterocycles. The van der Waals surface area contributed by atoms with Gasteiger partial charge in [-0.05, 0) is 26.0 Å². The third-order valence-corrected chi connectivity index (χ3v) is 6.23. The number of carbonyl (C=O) groups is 1. The smallest absolute Gasteiger partial charge is 0.258 e. The molecule has 170 valence electrons. The van der Waals surface area contributed by atoms with E-state index in [-0.39, 0.29) is 48.7 Å². The summed E-state index contributed by atoms with van der Waals surface area (Å²) in [5.74, 6) is -0.130. The minimum atomic E-state index is -0.490. The zero-order valence-electron chi connectivity index (χ0n) is 17.9. The van der Waals surface area contributed by atoms with Crippen molar-refractivity contribution in [3.63, 3.8) is 0 Å². The van der Waals surface area contributed by atoms with Crippen LogP contribution in [0.25, 0.3) is 0 Å². The van der Waals surface area contributed by atoms with Crippen molar-refractivity contribution in [1.29, 1.82) is 5.41 Å². The number of nitrogens with one attached hydrogen (secondary N) is 2. The average Bonchev–Trinajstić information content (AvgIpc) is 3.11. The van der Waals surface area contributed by atoms with Gasteiger partial charge >= 0.3 is 0 Å². The molecule has 10 heteroatoms. The number of rotatable bonds is 5. The molecule has 3 heterocycles. The second-order valence-corrected chi connectivity index (χ2v) is 8.47. The SMILES string of the molecule is CC1=N/C(=C2\CN(C(=O)c3ccc(F)cc3OC3CN(CCO)C3)CC2=N)NC(C)=C1Cl. The van der Waals surface area contributed by atoms with E-state index < -0.39 is 5.82 Å². The molecule has 0 spiro atoms. The quantitative estimate of drug-likeness (QED) is 0.623. The Bertz CT molecular complexity index is 1060. The highest BCUT2D eigenvalue weighted by atomic mass is 35.5. The van der Waals surface area contributed by atoms with Crippen LogP contribution >= 0.6 is 11.6 Å². The van der Waals surface area contributed by atoms with E-state index in [9.17, 15) is 9.18 Å². The first-order valence-corrected chi connectivity index (χ1v) is 10.7. The first-order chi connectivity index (χ1) is 15.3. The molecule has 0 aromatic heterocycles. The summed E-state index contributed by atoms with van der Waals surface area (Å²) in [5, 5.41) is 21.0. The number of amides is 1. The van der Waals surface area contributed by atoms with Crippen molar-refractivity contribution >= 4 is 28.9 Å². The van der Waals surface area contributed by atoms with Crippen LogP contribution in [0.1, 0.15) is 24.2 Å². The van der Waals surface area contributed by atoms with Gasteiger partial charge < -0.3 is 25.5 Å². The molecule has 0 aliphatic carbocycles. The Hall–Kier alpha value is -2.75. The first-order valence-electron chi connectivity index (χ1n) is 10.4. The number of benzene rings is 1. The number of allylic oxidation sites excluding steroid dienone is 2. The summed E-state index contributed by atoms with van der Waals surface area (Å²) in [7, 11) is 0. The van der Waals surface area contributed by atoms with Crippen molar-refractivity contribution in [3.05, 3.63) is 51.7 Å². The third kappa shape index (κ3) is 4.41. The number of nitrogens with zero attached hydrogens (tertiary/aromatic N) is 3. The van der Waals surface area contributed by atoms with Crippen molar-refractivity contribution < 1.29 is 19.0 Å². The van der Waals surface area contributed by atoms with Crippen molar-refractivity contribution in [3.8, 4) is 5.75 Å². The standard InChI is InChI=1S/C22H25ClFN5O3/c1-12-20(23)13(2)27-21(26-12)17-10-29(11-18(17)25)22(31)16-4-3-14(24)7-19(16)32-15-8-28(9-15)5-6-30/h3-4,7,15,25-26,30H,5-6,8-11H2,1-2H3/b21-17+,25-18?. The molecule has 0 saturated carbocycles. The summed E-state index contributed by atoms with van der Waals surface area (Å²) < 4.78 is 19.8. The molecule has 1 aromatic carbocycles. The lowest BCUT2D eigenvalue weighted by atomic mass is 10.1. The molecular weight excluding hydrogens is 437 g/mol. The van der Waals surface area contributed by atoms with E-state index in [1.807, 2.05) is 11.8 Å². The minimum absolute atomic E-state index is 0.0646. The molecule has 1 amide bonds. The predicted molar refractivity (Wildman–Crippen MR) is 120 cm³/mol. The maximum atomic E-state index is 13.9. The molecule has 0 atom stereocenters.